The predicted molar refractivity (Wildman–Crippen MR) is 75.3 cm³/mol. The van der Waals surface area contributed by atoms with E-state index in [0.717, 1.165) is 5.56 Å². The SMILES string of the molecule is O=C(O)CCCCC(O)(CNCc1ccccc1)C(F)(F)F. The zero-order valence-corrected chi connectivity index (χ0v) is 12.1. The lowest BCUT2D eigenvalue weighted by molar-refractivity contribution is -0.260. The lowest BCUT2D eigenvalue weighted by Crippen LogP contribution is -2.52. The number of aliphatic carboxylic acids is 1. The van der Waals surface area contributed by atoms with E-state index in [1.165, 1.54) is 0 Å². The molecule has 0 aliphatic rings. The average Bonchev–Trinajstić information content (AvgIpc) is 2.43. The highest BCUT2D eigenvalue weighted by molar-refractivity contribution is 5.66. The smallest absolute Gasteiger partial charge is 0.418 e. The highest BCUT2D eigenvalue weighted by Gasteiger charge is 2.52. The van der Waals surface area contributed by atoms with Gasteiger partial charge in [0.15, 0.2) is 5.60 Å². The van der Waals surface area contributed by atoms with Crippen LogP contribution in [0, 0.1) is 0 Å². The average molecular weight is 319 g/mol. The summed E-state index contributed by atoms with van der Waals surface area (Å²) in [5, 5.41) is 20.9. The Labute approximate surface area is 127 Å². The summed E-state index contributed by atoms with van der Waals surface area (Å²) in [7, 11) is 0. The minimum Gasteiger partial charge on any atom is -0.481 e. The molecular weight excluding hydrogens is 299 g/mol. The summed E-state index contributed by atoms with van der Waals surface area (Å²) in [6.45, 7) is -0.410. The first-order valence-corrected chi connectivity index (χ1v) is 7.00. The third-order valence-corrected chi connectivity index (χ3v) is 3.35. The van der Waals surface area contributed by atoms with Crippen LogP contribution in [0.25, 0.3) is 0 Å². The van der Waals surface area contributed by atoms with Crippen molar-refractivity contribution in [3.05, 3.63) is 35.9 Å². The van der Waals surface area contributed by atoms with Crippen LogP contribution in [-0.2, 0) is 11.3 Å². The van der Waals surface area contributed by atoms with Gasteiger partial charge in [-0.1, -0.05) is 30.3 Å². The Hall–Kier alpha value is -1.60. The molecule has 0 saturated carbocycles. The maximum Gasteiger partial charge on any atom is 0.418 e. The molecule has 0 fully saturated rings. The number of benzene rings is 1. The topological polar surface area (TPSA) is 69.6 Å². The van der Waals surface area contributed by atoms with Gasteiger partial charge in [-0.2, -0.15) is 13.2 Å². The lowest BCUT2D eigenvalue weighted by Gasteiger charge is -2.31. The van der Waals surface area contributed by atoms with Crippen LogP contribution < -0.4 is 5.32 Å². The van der Waals surface area contributed by atoms with Crippen molar-refractivity contribution in [2.75, 3.05) is 6.54 Å². The van der Waals surface area contributed by atoms with Crippen LogP contribution in [0.15, 0.2) is 30.3 Å². The number of carboxylic acids is 1. The normalized spacial score (nSPS) is 14.5. The molecule has 1 unspecified atom stereocenters. The van der Waals surface area contributed by atoms with Gasteiger partial charge in [0, 0.05) is 19.5 Å². The molecule has 0 radical (unpaired) electrons. The predicted octanol–water partition coefficient (Wildman–Crippen LogP) is 2.71. The van der Waals surface area contributed by atoms with E-state index in [-0.39, 0.29) is 25.8 Å². The number of unbranched alkanes of at least 4 members (excludes halogenated alkanes) is 1. The number of carbonyl (C=O) groups is 1. The van der Waals surface area contributed by atoms with E-state index in [2.05, 4.69) is 5.32 Å². The second-order valence-corrected chi connectivity index (χ2v) is 5.22. The number of nitrogens with one attached hydrogen (secondary N) is 1. The van der Waals surface area contributed by atoms with Crippen molar-refractivity contribution in [3.63, 3.8) is 0 Å². The quantitative estimate of drug-likeness (QED) is 0.612. The molecule has 3 N–H and O–H groups in total. The van der Waals surface area contributed by atoms with Crippen LogP contribution in [0.4, 0.5) is 13.2 Å². The number of hydrogen-bond donors (Lipinski definition) is 3. The number of carboxylic acid groups (broad SMARTS) is 1. The number of hydrogen-bond acceptors (Lipinski definition) is 3. The fourth-order valence-electron chi connectivity index (χ4n) is 2.03. The zero-order valence-electron chi connectivity index (χ0n) is 12.1. The third-order valence-electron chi connectivity index (χ3n) is 3.35. The minimum absolute atomic E-state index is 0.00464. The summed E-state index contributed by atoms with van der Waals surface area (Å²) >= 11 is 0. The van der Waals surface area contributed by atoms with E-state index >= 15 is 0 Å². The second-order valence-electron chi connectivity index (χ2n) is 5.22. The van der Waals surface area contributed by atoms with Crippen molar-refractivity contribution in [2.45, 2.75) is 44.0 Å². The zero-order chi connectivity index (χ0) is 16.6. The number of aliphatic hydroxyl groups is 1. The van der Waals surface area contributed by atoms with Gasteiger partial charge in [0.1, 0.15) is 0 Å². The van der Waals surface area contributed by atoms with E-state index in [1.807, 2.05) is 0 Å². The molecule has 124 valence electrons. The molecule has 0 aromatic heterocycles. The summed E-state index contributed by atoms with van der Waals surface area (Å²) in [6, 6.07) is 8.90. The molecule has 1 rings (SSSR count). The molecule has 0 aliphatic heterocycles. The van der Waals surface area contributed by atoms with E-state index in [0.29, 0.717) is 0 Å². The van der Waals surface area contributed by atoms with Crippen LogP contribution in [0.5, 0.6) is 0 Å². The summed E-state index contributed by atoms with van der Waals surface area (Å²) in [4.78, 5) is 10.4. The highest BCUT2D eigenvalue weighted by atomic mass is 19.4. The molecule has 0 bridgehead atoms. The Bertz CT molecular complexity index is 465. The van der Waals surface area contributed by atoms with Gasteiger partial charge < -0.3 is 15.5 Å². The van der Waals surface area contributed by atoms with Gasteiger partial charge in [-0.3, -0.25) is 4.79 Å². The van der Waals surface area contributed by atoms with E-state index < -0.39 is 30.7 Å². The van der Waals surface area contributed by atoms with Gasteiger partial charge in [-0.25, -0.2) is 0 Å². The van der Waals surface area contributed by atoms with Crippen LogP contribution in [0.1, 0.15) is 31.2 Å². The standard InChI is InChI=1S/C15H20F3NO3/c16-15(17,18)14(22,9-5-4-8-13(20)21)11-19-10-12-6-2-1-3-7-12/h1-3,6-7,19,22H,4-5,8-11H2,(H,20,21). The number of alkyl halides is 3. The van der Waals surface area contributed by atoms with Crippen LogP contribution in [0.3, 0.4) is 0 Å². The first kappa shape index (κ1) is 18.4. The summed E-state index contributed by atoms with van der Waals surface area (Å²) in [5.41, 5.74) is -2.03. The Balaban J connectivity index is 2.50. The molecule has 0 amide bonds. The second kappa shape index (κ2) is 8.14. The van der Waals surface area contributed by atoms with E-state index in [1.54, 1.807) is 30.3 Å². The maximum atomic E-state index is 13.0. The lowest BCUT2D eigenvalue weighted by atomic mass is 9.95. The van der Waals surface area contributed by atoms with Crippen molar-refractivity contribution < 1.29 is 28.2 Å². The van der Waals surface area contributed by atoms with Crippen molar-refractivity contribution in [1.29, 1.82) is 0 Å². The molecule has 0 heterocycles. The Morgan fingerprint density at radius 2 is 1.77 bits per heavy atom. The Morgan fingerprint density at radius 3 is 2.32 bits per heavy atom. The first-order valence-electron chi connectivity index (χ1n) is 7.00. The van der Waals surface area contributed by atoms with Crippen molar-refractivity contribution in [3.8, 4) is 0 Å². The fraction of sp³-hybridized carbons (Fsp3) is 0.533. The van der Waals surface area contributed by atoms with Gasteiger partial charge in [0.2, 0.25) is 0 Å². The molecule has 0 saturated heterocycles. The Morgan fingerprint density at radius 1 is 1.14 bits per heavy atom. The molecule has 1 aromatic carbocycles. The number of rotatable bonds is 9. The molecule has 1 aromatic rings. The van der Waals surface area contributed by atoms with Gasteiger partial charge in [0.05, 0.1) is 0 Å². The summed E-state index contributed by atoms with van der Waals surface area (Å²) in [5.74, 6) is -1.06. The molecule has 4 nitrogen and oxygen atoms in total. The molecule has 1 atom stereocenters. The summed E-state index contributed by atoms with van der Waals surface area (Å²) in [6.07, 6.45) is -5.39. The maximum absolute atomic E-state index is 13.0. The van der Waals surface area contributed by atoms with Gasteiger partial charge in [-0.15, -0.1) is 0 Å². The van der Waals surface area contributed by atoms with E-state index in [9.17, 15) is 23.1 Å². The van der Waals surface area contributed by atoms with Crippen LogP contribution in [-0.4, -0.2) is 34.5 Å². The third kappa shape index (κ3) is 6.03. The van der Waals surface area contributed by atoms with Crippen LogP contribution in [0.2, 0.25) is 0 Å². The number of halogens is 3. The monoisotopic (exact) mass is 319 g/mol. The van der Waals surface area contributed by atoms with Crippen LogP contribution >= 0.6 is 0 Å². The minimum atomic E-state index is -4.76. The molecular formula is C15H20F3NO3. The van der Waals surface area contributed by atoms with E-state index in [4.69, 9.17) is 5.11 Å². The summed E-state index contributed by atoms with van der Waals surface area (Å²) < 4.78 is 39.0. The van der Waals surface area contributed by atoms with Gasteiger partial charge in [-0.05, 0) is 24.8 Å². The highest BCUT2D eigenvalue weighted by Crippen LogP contribution is 2.34. The first-order chi connectivity index (χ1) is 10.2. The van der Waals surface area contributed by atoms with Crippen molar-refractivity contribution in [1.82, 2.24) is 5.32 Å². The molecule has 7 heteroatoms. The Kier molecular flexibility index (Phi) is 6.83. The molecule has 0 spiro atoms. The van der Waals surface area contributed by atoms with Gasteiger partial charge in [0.25, 0.3) is 0 Å². The van der Waals surface area contributed by atoms with Gasteiger partial charge >= 0.3 is 12.1 Å². The largest absolute Gasteiger partial charge is 0.481 e. The van der Waals surface area contributed by atoms with Crippen molar-refractivity contribution >= 4 is 5.97 Å². The molecule has 22 heavy (non-hydrogen) atoms. The molecule has 0 aliphatic carbocycles. The van der Waals surface area contributed by atoms with Crippen molar-refractivity contribution in [2.24, 2.45) is 0 Å². The fourth-order valence-corrected chi connectivity index (χ4v) is 2.03.